The highest BCUT2D eigenvalue weighted by molar-refractivity contribution is 5.66. The number of halogens is 2. The van der Waals surface area contributed by atoms with Crippen LogP contribution in [0.2, 0.25) is 0 Å². The summed E-state index contributed by atoms with van der Waals surface area (Å²) in [6.45, 7) is 1.44. The van der Waals surface area contributed by atoms with Crippen molar-refractivity contribution >= 4 is 0 Å². The third kappa shape index (κ3) is 2.41. The maximum Gasteiger partial charge on any atom is 0.153 e. The fraction of sp³-hybridized carbons (Fsp3) is 0.176. The minimum atomic E-state index is -0.607. The first kappa shape index (κ1) is 14.0. The van der Waals surface area contributed by atoms with Crippen LogP contribution in [0.1, 0.15) is 11.3 Å². The molecule has 0 amide bonds. The number of pyridine rings is 1. The van der Waals surface area contributed by atoms with Crippen molar-refractivity contribution in [3.05, 3.63) is 65.5 Å². The monoisotopic (exact) mass is 312 g/mol. The average molecular weight is 312 g/mol. The van der Waals surface area contributed by atoms with Crippen LogP contribution in [-0.4, -0.2) is 21.3 Å². The van der Waals surface area contributed by atoms with Crippen LogP contribution in [0.3, 0.4) is 0 Å². The molecule has 23 heavy (non-hydrogen) atoms. The molecule has 6 heteroatoms. The third-order valence-corrected chi connectivity index (χ3v) is 3.98. The van der Waals surface area contributed by atoms with Crippen molar-refractivity contribution in [2.45, 2.75) is 13.0 Å². The van der Waals surface area contributed by atoms with Crippen LogP contribution in [0.4, 0.5) is 8.78 Å². The van der Waals surface area contributed by atoms with E-state index in [1.165, 1.54) is 12.1 Å². The minimum Gasteiger partial charge on any atom is -0.312 e. The van der Waals surface area contributed by atoms with Crippen molar-refractivity contribution in [3.63, 3.8) is 0 Å². The van der Waals surface area contributed by atoms with Gasteiger partial charge in [-0.3, -0.25) is 0 Å². The maximum atomic E-state index is 14.2. The van der Waals surface area contributed by atoms with E-state index < -0.39 is 11.6 Å². The van der Waals surface area contributed by atoms with E-state index in [9.17, 15) is 8.78 Å². The molecule has 4 rings (SSSR count). The largest absolute Gasteiger partial charge is 0.312 e. The lowest BCUT2D eigenvalue weighted by molar-refractivity contribution is 0.585. The summed E-state index contributed by atoms with van der Waals surface area (Å²) in [5, 5.41) is 7.85. The predicted octanol–water partition coefficient (Wildman–Crippen LogP) is 2.86. The van der Waals surface area contributed by atoms with Crippen LogP contribution in [0.25, 0.3) is 17.1 Å². The van der Waals surface area contributed by atoms with E-state index in [2.05, 4.69) is 15.4 Å². The summed E-state index contributed by atoms with van der Waals surface area (Å²) in [5.74, 6) is -0.508. The first-order chi connectivity index (χ1) is 11.2. The van der Waals surface area contributed by atoms with Crippen molar-refractivity contribution < 1.29 is 8.78 Å². The highest BCUT2D eigenvalue weighted by Crippen LogP contribution is 2.31. The molecule has 0 unspecified atom stereocenters. The van der Waals surface area contributed by atoms with Crippen molar-refractivity contribution in [1.82, 2.24) is 20.1 Å². The van der Waals surface area contributed by atoms with Gasteiger partial charge in [0.15, 0.2) is 5.82 Å². The number of benzene rings is 1. The van der Waals surface area contributed by atoms with Crippen LogP contribution in [0.5, 0.6) is 0 Å². The van der Waals surface area contributed by atoms with Crippen LogP contribution in [0, 0.1) is 11.6 Å². The molecule has 3 heterocycles. The molecule has 0 radical (unpaired) electrons. The molecule has 0 saturated heterocycles. The summed E-state index contributed by atoms with van der Waals surface area (Å²) >= 11 is 0. The molecule has 0 atom stereocenters. The Labute approximate surface area is 131 Å². The zero-order valence-corrected chi connectivity index (χ0v) is 12.3. The quantitative estimate of drug-likeness (QED) is 0.791. The molecule has 1 N–H and O–H groups in total. The SMILES string of the molecule is Fc1ccc(-c2nn(-c3ccccn3)c3c2CNCC3)c(F)c1. The smallest absolute Gasteiger partial charge is 0.153 e. The Bertz CT molecular complexity index is 859. The molecule has 0 spiro atoms. The number of nitrogens with one attached hydrogen (secondary N) is 1. The molecule has 2 aromatic heterocycles. The number of hydrogen-bond acceptors (Lipinski definition) is 3. The molecule has 0 saturated carbocycles. The highest BCUT2D eigenvalue weighted by Gasteiger charge is 2.24. The Hall–Kier alpha value is -2.60. The summed E-state index contributed by atoms with van der Waals surface area (Å²) < 4.78 is 29.1. The second kappa shape index (κ2) is 5.55. The van der Waals surface area contributed by atoms with Crippen molar-refractivity contribution in [1.29, 1.82) is 0 Å². The van der Waals surface area contributed by atoms with Gasteiger partial charge in [0.1, 0.15) is 17.3 Å². The predicted molar refractivity (Wildman–Crippen MR) is 82.1 cm³/mol. The van der Waals surface area contributed by atoms with E-state index in [1.54, 1.807) is 10.9 Å². The topological polar surface area (TPSA) is 42.7 Å². The number of aromatic nitrogens is 3. The Morgan fingerprint density at radius 2 is 2.04 bits per heavy atom. The highest BCUT2D eigenvalue weighted by atomic mass is 19.1. The van der Waals surface area contributed by atoms with E-state index in [4.69, 9.17) is 0 Å². The number of nitrogens with zero attached hydrogens (tertiary/aromatic N) is 3. The van der Waals surface area contributed by atoms with E-state index in [0.29, 0.717) is 23.6 Å². The van der Waals surface area contributed by atoms with Gasteiger partial charge in [-0.2, -0.15) is 5.10 Å². The summed E-state index contributed by atoms with van der Waals surface area (Å²) in [6.07, 6.45) is 2.48. The zero-order valence-electron chi connectivity index (χ0n) is 12.3. The van der Waals surface area contributed by atoms with Gasteiger partial charge in [-0.1, -0.05) is 6.07 Å². The van der Waals surface area contributed by atoms with Gasteiger partial charge in [-0.25, -0.2) is 18.4 Å². The van der Waals surface area contributed by atoms with E-state index in [0.717, 1.165) is 30.3 Å². The Morgan fingerprint density at radius 3 is 2.83 bits per heavy atom. The second-order valence-electron chi connectivity index (χ2n) is 5.42. The van der Waals surface area contributed by atoms with Gasteiger partial charge in [0.2, 0.25) is 0 Å². The first-order valence-electron chi connectivity index (χ1n) is 7.42. The Balaban J connectivity index is 1.93. The molecular formula is C17H14F2N4. The molecule has 0 bridgehead atoms. The average Bonchev–Trinajstić information content (AvgIpc) is 2.95. The Morgan fingerprint density at radius 1 is 1.13 bits per heavy atom. The molecule has 1 aromatic carbocycles. The standard InChI is InChI=1S/C17H14F2N4/c18-11-4-5-12(14(19)9-11)17-13-10-20-8-6-15(13)23(22-17)16-3-1-2-7-21-16/h1-5,7,9,20H,6,8,10H2. The van der Waals surface area contributed by atoms with E-state index in [-0.39, 0.29) is 0 Å². The molecule has 0 aliphatic carbocycles. The van der Waals surface area contributed by atoms with Crippen LogP contribution in [-0.2, 0) is 13.0 Å². The minimum absolute atomic E-state index is 0.307. The third-order valence-electron chi connectivity index (χ3n) is 3.98. The van der Waals surface area contributed by atoms with Crippen molar-refractivity contribution in [3.8, 4) is 17.1 Å². The van der Waals surface area contributed by atoms with Gasteiger partial charge in [0, 0.05) is 42.9 Å². The number of rotatable bonds is 2. The molecule has 1 aliphatic heterocycles. The molecule has 1 aliphatic rings. The molecule has 116 valence electrons. The summed E-state index contributed by atoms with van der Waals surface area (Å²) in [7, 11) is 0. The van der Waals surface area contributed by atoms with Crippen LogP contribution in [0.15, 0.2) is 42.6 Å². The zero-order chi connectivity index (χ0) is 15.8. The van der Waals surface area contributed by atoms with Crippen molar-refractivity contribution in [2.75, 3.05) is 6.54 Å². The molecule has 4 nitrogen and oxygen atoms in total. The Kier molecular flexibility index (Phi) is 3.38. The lowest BCUT2D eigenvalue weighted by Crippen LogP contribution is -2.24. The fourth-order valence-electron chi connectivity index (χ4n) is 2.91. The van der Waals surface area contributed by atoms with Gasteiger partial charge in [0.25, 0.3) is 0 Å². The summed E-state index contributed by atoms with van der Waals surface area (Å²) in [5.41, 5.74) is 2.80. The van der Waals surface area contributed by atoms with E-state index >= 15 is 0 Å². The van der Waals surface area contributed by atoms with Crippen LogP contribution >= 0.6 is 0 Å². The van der Waals surface area contributed by atoms with Gasteiger partial charge in [-0.15, -0.1) is 0 Å². The lowest BCUT2D eigenvalue weighted by Gasteiger charge is -2.15. The normalized spacial score (nSPS) is 13.8. The first-order valence-corrected chi connectivity index (χ1v) is 7.42. The summed E-state index contributed by atoms with van der Waals surface area (Å²) in [6, 6.07) is 9.15. The molecular weight excluding hydrogens is 298 g/mol. The lowest BCUT2D eigenvalue weighted by atomic mass is 10.0. The van der Waals surface area contributed by atoms with E-state index in [1.807, 2.05) is 18.2 Å². The van der Waals surface area contributed by atoms with Gasteiger partial charge in [-0.05, 0) is 24.3 Å². The number of hydrogen-bond donors (Lipinski definition) is 1. The maximum absolute atomic E-state index is 14.2. The van der Waals surface area contributed by atoms with Gasteiger partial charge < -0.3 is 5.32 Å². The van der Waals surface area contributed by atoms with Crippen molar-refractivity contribution in [2.24, 2.45) is 0 Å². The van der Waals surface area contributed by atoms with Crippen LogP contribution < -0.4 is 5.32 Å². The second-order valence-corrected chi connectivity index (χ2v) is 5.42. The fourth-order valence-corrected chi connectivity index (χ4v) is 2.91. The van der Waals surface area contributed by atoms with Gasteiger partial charge >= 0.3 is 0 Å². The number of fused-ring (bicyclic) bond motifs is 1. The summed E-state index contributed by atoms with van der Waals surface area (Å²) in [4.78, 5) is 4.33. The molecule has 3 aromatic rings. The van der Waals surface area contributed by atoms with Gasteiger partial charge in [0.05, 0.1) is 5.69 Å². The molecule has 0 fully saturated rings.